The van der Waals surface area contributed by atoms with Gasteiger partial charge in [-0.05, 0) is 59.0 Å². The maximum absolute atomic E-state index is 13.0. The van der Waals surface area contributed by atoms with Crippen LogP contribution < -0.4 is 0 Å². The monoisotopic (exact) mass is 474 g/mol. The molecule has 0 saturated carbocycles. The Bertz CT molecular complexity index is 1340. The van der Waals surface area contributed by atoms with Crippen molar-refractivity contribution in [3.63, 3.8) is 0 Å². The lowest BCUT2D eigenvalue weighted by Gasteiger charge is -2.18. The molecule has 0 saturated heterocycles. The minimum Gasteiger partial charge on any atom is -0.262 e. The first-order valence-electron chi connectivity index (χ1n) is 10.5. The molecule has 4 aromatic carbocycles. The van der Waals surface area contributed by atoms with Gasteiger partial charge in [0.15, 0.2) is 0 Å². The van der Waals surface area contributed by atoms with E-state index in [-0.39, 0.29) is 11.5 Å². The van der Waals surface area contributed by atoms with E-state index in [2.05, 4.69) is 0 Å². The topological polar surface area (TPSA) is 43.4 Å². The summed E-state index contributed by atoms with van der Waals surface area (Å²) in [6.45, 7) is 1.79. The van der Waals surface area contributed by atoms with E-state index in [0.29, 0.717) is 5.02 Å². The Balaban J connectivity index is 1.85. The summed E-state index contributed by atoms with van der Waals surface area (Å²) in [6.07, 6.45) is 0. The summed E-state index contributed by atoms with van der Waals surface area (Å²) in [6, 6.07) is 33.7. The first kappa shape index (κ1) is 23.0. The molecule has 0 aliphatic heterocycles. The van der Waals surface area contributed by atoms with Crippen LogP contribution in [0.4, 0.5) is 0 Å². The summed E-state index contributed by atoms with van der Waals surface area (Å²) >= 11 is 6.14. The molecule has 166 valence electrons. The fourth-order valence-electron chi connectivity index (χ4n) is 3.59. The van der Waals surface area contributed by atoms with Crippen LogP contribution in [0, 0.1) is 6.92 Å². The summed E-state index contributed by atoms with van der Waals surface area (Å²) in [5.41, 5.74) is 5.38. The molecule has 0 radical (unpaired) electrons. The van der Waals surface area contributed by atoms with Gasteiger partial charge in [0.1, 0.15) is 0 Å². The number of aryl methyl sites for hydroxylation is 1. The SMILES string of the molecule is Cc1ccc(S(=O)(=O)OC/C(=C(/c2ccccc2)c2ccc(Cl)cc2)c2ccccc2)cc1. The van der Waals surface area contributed by atoms with Crippen LogP contribution in [-0.2, 0) is 14.3 Å². The van der Waals surface area contributed by atoms with Crippen molar-refractivity contribution in [3.05, 3.63) is 136 Å². The normalized spacial score (nSPS) is 12.3. The van der Waals surface area contributed by atoms with Crippen molar-refractivity contribution in [2.24, 2.45) is 0 Å². The van der Waals surface area contributed by atoms with Gasteiger partial charge in [0.2, 0.25) is 0 Å². The van der Waals surface area contributed by atoms with Crippen LogP contribution in [0.1, 0.15) is 22.3 Å². The molecule has 0 unspecified atom stereocenters. The van der Waals surface area contributed by atoms with Crippen molar-refractivity contribution in [1.29, 1.82) is 0 Å². The van der Waals surface area contributed by atoms with Crippen LogP contribution in [0.3, 0.4) is 0 Å². The molecular weight excluding hydrogens is 452 g/mol. The highest BCUT2D eigenvalue weighted by Crippen LogP contribution is 2.34. The molecule has 0 spiro atoms. The highest BCUT2D eigenvalue weighted by atomic mass is 35.5. The Hall–Kier alpha value is -3.18. The third-order valence-corrected chi connectivity index (χ3v) is 6.82. The van der Waals surface area contributed by atoms with Gasteiger partial charge in [-0.1, -0.05) is 102 Å². The lowest BCUT2D eigenvalue weighted by atomic mass is 9.90. The molecule has 0 amide bonds. The maximum atomic E-state index is 13.0. The molecule has 4 aromatic rings. The van der Waals surface area contributed by atoms with E-state index in [1.807, 2.05) is 91.9 Å². The van der Waals surface area contributed by atoms with Crippen molar-refractivity contribution in [2.45, 2.75) is 11.8 Å². The largest absolute Gasteiger partial charge is 0.297 e. The zero-order valence-corrected chi connectivity index (χ0v) is 19.7. The quantitative estimate of drug-likeness (QED) is 0.213. The molecule has 0 aromatic heterocycles. The van der Waals surface area contributed by atoms with Crippen LogP contribution >= 0.6 is 11.6 Å². The summed E-state index contributed by atoms with van der Waals surface area (Å²) in [5, 5.41) is 0.630. The van der Waals surface area contributed by atoms with Gasteiger partial charge in [-0.15, -0.1) is 0 Å². The van der Waals surface area contributed by atoms with Gasteiger partial charge in [-0.3, -0.25) is 4.18 Å². The van der Waals surface area contributed by atoms with Crippen molar-refractivity contribution >= 4 is 32.9 Å². The molecule has 0 fully saturated rings. The van der Waals surface area contributed by atoms with Gasteiger partial charge >= 0.3 is 0 Å². The van der Waals surface area contributed by atoms with E-state index in [4.69, 9.17) is 15.8 Å². The van der Waals surface area contributed by atoms with Crippen LogP contribution in [0.25, 0.3) is 11.1 Å². The molecule has 33 heavy (non-hydrogen) atoms. The number of benzene rings is 4. The smallest absolute Gasteiger partial charge is 0.262 e. The average molecular weight is 475 g/mol. The zero-order chi connectivity index (χ0) is 23.3. The fraction of sp³-hybridized carbons (Fsp3) is 0.0714. The van der Waals surface area contributed by atoms with Gasteiger partial charge in [0.05, 0.1) is 11.5 Å². The molecule has 3 nitrogen and oxygen atoms in total. The fourth-order valence-corrected chi connectivity index (χ4v) is 4.59. The van der Waals surface area contributed by atoms with Gasteiger partial charge in [-0.2, -0.15) is 8.42 Å². The molecular formula is C28H23ClO3S. The van der Waals surface area contributed by atoms with Crippen molar-refractivity contribution in [2.75, 3.05) is 6.61 Å². The van der Waals surface area contributed by atoms with Gasteiger partial charge in [-0.25, -0.2) is 0 Å². The Morgan fingerprint density at radius 1 is 0.697 bits per heavy atom. The zero-order valence-electron chi connectivity index (χ0n) is 18.1. The minimum absolute atomic E-state index is 0.118. The van der Waals surface area contributed by atoms with E-state index < -0.39 is 10.1 Å². The molecule has 0 bridgehead atoms. The Morgan fingerprint density at radius 3 is 1.79 bits per heavy atom. The van der Waals surface area contributed by atoms with Crippen LogP contribution in [0.5, 0.6) is 0 Å². The van der Waals surface area contributed by atoms with Crippen LogP contribution in [0.2, 0.25) is 5.02 Å². The second-order valence-electron chi connectivity index (χ2n) is 7.62. The number of hydrogen-bond donors (Lipinski definition) is 0. The molecule has 0 aliphatic carbocycles. The van der Waals surface area contributed by atoms with E-state index in [0.717, 1.165) is 33.4 Å². The van der Waals surface area contributed by atoms with Crippen LogP contribution in [0.15, 0.2) is 114 Å². The second-order valence-corrected chi connectivity index (χ2v) is 9.67. The van der Waals surface area contributed by atoms with E-state index >= 15 is 0 Å². The first-order chi connectivity index (χ1) is 15.9. The number of halogens is 1. The summed E-state index contributed by atoms with van der Waals surface area (Å²) in [5.74, 6) is 0. The third kappa shape index (κ3) is 5.60. The van der Waals surface area contributed by atoms with E-state index in [9.17, 15) is 8.42 Å². The van der Waals surface area contributed by atoms with Gasteiger partial charge in [0, 0.05) is 5.02 Å². The summed E-state index contributed by atoms with van der Waals surface area (Å²) < 4.78 is 31.5. The highest BCUT2D eigenvalue weighted by molar-refractivity contribution is 7.86. The summed E-state index contributed by atoms with van der Waals surface area (Å²) in [7, 11) is -3.94. The molecule has 0 aliphatic rings. The van der Waals surface area contributed by atoms with Gasteiger partial charge < -0.3 is 0 Å². The molecule has 5 heteroatoms. The van der Waals surface area contributed by atoms with Gasteiger partial charge in [0.25, 0.3) is 10.1 Å². The Morgan fingerprint density at radius 2 is 1.21 bits per heavy atom. The lowest BCUT2D eigenvalue weighted by molar-refractivity contribution is 0.363. The standard InChI is InChI=1S/C28H23ClO3S/c1-21-12-18-26(19-13-21)33(30,31)32-20-27(22-8-4-2-5-9-22)28(23-10-6-3-7-11-23)24-14-16-25(29)17-15-24/h2-19H,20H2,1H3/b28-27+. The number of hydrogen-bond acceptors (Lipinski definition) is 3. The van der Waals surface area contributed by atoms with E-state index in [1.54, 1.807) is 24.3 Å². The molecule has 0 atom stereocenters. The Labute approximate surface area is 200 Å². The first-order valence-corrected chi connectivity index (χ1v) is 12.3. The minimum atomic E-state index is -3.94. The third-order valence-electron chi connectivity index (χ3n) is 5.29. The Kier molecular flexibility index (Phi) is 7.09. The molecule has 4 rings (SSSR count). The second kappa shape index (κ2) is 10.2. The summed E-state index contributed by atoms with van der Waals surface area (Å²) in [4.78, 5) is 0.133. The average Bonchev–Trinajstić information content (AvgIpc) is 2.84. The van der Waals surface area contributed by atoms with Crippen molar-refractivity contribution in [1.82, 2.24) is 0 Å². The molecule has 0 N–H and O–H groups in total. The maximum Gasteiger partial charge on any atom is 0.297 e. The lowest BCUT2D eigenvalue weighted by Crippen LogP contribution is -2.10. The van der Waals surface area contributed by atoms with Crippen molar-refractivity contribution in [3.8, 4) is 0 Å². The van der Waals surface area contributed by atoms with Crippen molar-refractivity contribution < 1.29 is 12.6 Å². The predicted octanol–water partition coefficient (Wildman–Crippen LogP) is 7.01. The van der Waals surface area contributed by atoms with Crippen LogP contribution in [-0.4, -0.2) is 15.0 Å². The highest BCUT2D eigenvalue weighted by Gasteiger charge is 2.20. The van der Waals surface area contributed by atoms with E-state index in [1.165, 1.54) is 0 Å². The molecule has 0 heterocycles. The number of rotatable bonds is 7. The predicted molar refractivity (Wildman–Crippen MR) is 135 cm³/mol.